The molecule has 0 saturated heterocycles. The first-order valence-electron chi connectivity index (χ1n) is 11.7. The lowest BCUT2D eigenvalue weighted by atomic mass is 9.86. The number of rotatable bonds is 12. The van der Waals surface area contributed by atoms with E-state index in [1.807, 2.05) is 13.0 Å². The Bertz CT molecular complexity index is 795. The number of nitrogens with one attached hydrogen (secondary N) is 3. The number of hydrogen-bond donors (Lipinski definition) is 4. The van der Waals surface area contributed by atoms with Gasteiger partial charge in [-0.1, -0.05) is 39.0 Å². The lowest BCUT2D eigenvalue weighted by Gasteiger charge is -2.33. The van der Waals surface area contributed by atoms with E-state index in [0.29, 0.717) is 5.76 Å². The highest BCUT2D eigenvalue weighted by molar-refractivity contribution is 5.86. The second kappa shape index (κ2) is 15.8. The van der Waals surface area contributed by atoms with Crippen molar-refractivity contribution in [1.82, 2.24) is 21.1 Å². The van der Waals surface area contributed by atoms with Crippen LogP contribution in [0.15, 0.2) is 36.1 Å². The van der Waals surface area contributed by atoms with Crippen LogP contribution in [0.3, 0.4) is 0 Å². The van der Waals surface area contributed by atoms with Crippen LogP contribution in [0.4, 0.5) is 9.59 Å². The van der Waals surface area contributed by atoms with Crippen molar-refractivity contribution in [2.45, 2.75) is 66.2 Å². The van der Waals surface area contributed by atoms with Crippen molar-refractivity contribution >= 4 is 18.1 Å². The fourth-order valence-electron chi connectivity index (χ4n) is 2.78. The molecule has 0 fully saturated rings. The Labute approximate surface area is 214 Å². The molecule has 36 heavy (non-hydrogen) atoms. The standard InChI is InChI=1S/C25H44N4O7/c1-10-13-19(34-8)14-11-12-15-29(17-18(30)16-26-22(32)36-25(5,6)7)28-21(31)20(24(2,3)4)27-23(33)35-9/h10-14,18,20,30H,15-17H2,1-9H3,(H,26,32)(H,27,33)(H,28,31)/b12-11+,13-10-,19-14+. The Balaban J connectivity index is 5.49. The van der Waals surface area contributed by atoms with Gasteiger partial charge in [0.25, 0.3) is 5.91 Å². The van der Waals surface area contributed by atoms with Crippen LogP contribution in [-0.2, 0) is 19.0 Å². The van der Waals surface area contributed by atoms with E-state index in [0.717, 1.165) is 0 Å². The predicted octanol–water partition coefficient (Wildman–Crippen LogP) is 2.64. The summed E-state index contributed by atoms with van der Waals surface area (Å²) in [5.74, 6) is 0.150. The van der Waals surface area contributed by atoms with Gasteiger partial charge in [-0.05, 0) is 45.3 Å². The topological polar surface area (TPSA) is 138 Å². The van der Waals surface area contributed by atoms with Gasteiger partial charge in [-0.15, -0.1) is 0 Å². The van der Waals surface area contributed by atoms with Crippen LogP contribution in [0.5, 0.6) is 0 Å². The minimum Gasteiger partial charge on any atom is -0.497 e. The molecule has 0 rings (SSSR count). The number of aliphatic hydroxyl groups is 1. The highest BCUT2D eigenvalue weighted by Gasteiger charge is 2.34. The van der Waals surface area contributed by atoms with E-state index in [2.05, 4.69) is 20.8 Å². The second-order valence-electron chi connectivity index (χ2n) is 10.1. The van der Waals surface area contributed by atoms with Gasteiger partial charge in [0.1, 0.15) is 17.4 Å². The van der Waals surface area contributed by atoms with E-state index in [1.54, 1.807) is 73.0 Å². The summed E-state index contributed by atoms with van der Waals surface area (Å²) < 4.78 is 15.0. The van der Waals surface area contributed by atoms with Crippen molar-refractivity contribution < 1.29 is 33.7 Å². The van der Waals surface area contributed by atoms with Crippen molar-refractivity contribution in [3.05, 3.63) is 36.1 Å². The van der Waals surface area contributed by atoms with Crippen LogP contribution in [0, 0.1) is 5.41 Å². The number of hydrogen-bond acceptors (Lipinski definition) is 8. The number of nitrogens with zero attached hydrogens (tertiary/aromatic N) is 1. The minimum atomic E-state index is -1.03. The average molecular weight is 513 g/mol. The zero-order valence-corrected chi connectivity index (χ0v) is 23.0. The van der Waals surface area contributed by atoms with Gasteiger partial charge >= 0.3 is 12.2 Å². The molecule has 0 radical (unpaired) electrons. The maximum atomic E-state index is 13.1. The molecule has 0 heterocycles. The molecule has 0 spiro atoms. The fraction of sp³-hybridized carbons (Fsp3) is 0.640. The van der Waals surface area contributed by atoms with Gasteiger partial charge in [0.2, 0.25) is 0 Å². The lowest BCUT2D eigenvalue weighted by Crippen LogP contribution is -2.58. The van der Waals surface area contributed by atoms with Crippen molar-refractivity contribution in [3.8, 4) is 0 Å². The van der Waals surface area contributed by atoms with Crippen molar-refractivity contribution in [3.63, 3.8) is 0 Å². The van der Waals surface area contributed by atoms with Crippen LogP contribution in [-0.4, -0.2) is 79.8 Å². The molecule has 3 amide bonds. The van der Waals surface area contributed by atoms with Crippen LogP contribution >= 0.6 is 0 Å². The molecule has 0 aliphatic rings. The molecule has 0 aromatic heterocycles. The number of ether oxygens (including phenoxy) is 3. The Morgan fingerprint density at radius 3 is 2.17 bits per heavy atom. The fourth-order valence-corrected chi connectivity index (χ4v) is 2.78. The Hall–Kier alpha value is -3.05. The molecule has 2 unspecified atom stereocenters. The number of carbonyl (C=O) groups is 3. The first-order chi connectivity index (χ1) is 16.6. The molecule has 0 aromatic rings. The zero-order chi connectivity index (χ0) is 27.9. The van der Waals surface area contributed by atoms with Crippen molar-refractivity contribution in [1.29, 1.82) is 0 Å². The number of hydrazine groups is 1. The van der Waals surface area contributed by atoms with Gasteiger partial charge in [-0.25, -0.2) is 14.6 Å². The second-order valence-corrected chi connectivity index (χ2v) is 10.1. The summed E-state index contributed by atoms with van der Waals surface area (Å²) in [5.41, 5.74) is 1.44. The quantitative estimate of drug-likeness (QED) is 0.178. The number of carbonyl (C=O) groups excluding carboxylic acids is 3. The number of aliphatic hydroxyl groups excluding tert-OH is 1. The Morgan fingerprint density at radius 1 is 1.03 bits per heavy atom. The van der Waals surface area contributed by atoms with Gasteiger partial charge in [0, 0.05) is 19.6 Å². The van der Waals surface area contributed by atoms with E-state index in [1.165, 1.54) is 12.1 Å². The zero-order valence-electron chi connectivity index (χ0n) is 23.0. The minimum absolute atomic E-state index is 0.0172. The number of allylic oxidation sites excluding steroid dienone is 4. The van der Waals surface area contributed by atoms with Gasteiger partial charge in [0.05, 0.1) is 20.3 Å². The lowest BCUT2D eigenvalue weighted by molar-refractivity contribution is -0.130. The van der Waals surface area contributed by atoms with E-state index in [4.69, 9.17) is 9.47 Å². The number of alkyl carbamates (subject to hydrolysis) is 2. The average Bonchev–Trinajstić information content (AvgIpc) is 2.75. The van der Waals surface area contributed by atoms with E-state index in [-0.39, 0.29) is 19.6 Å². The first-order valence-corrected chi connectivity index (χ1v) is 11.7. The smallest absolute Gasteiger partial charge is 0.407 e. The van der Waals surface area contributed by atoms with E-state index in [9.17, 15) is 19.5 Å². The summed E-state index contributed by atoms with van der Waals surface area (Å²) >= 11 is 0. The predicted molar refractivity (Wildman–Crippen MR) is 138 cm³/mol. The number of methoxy groups -OCH3 is 2. The highest BCUT2D eigenvalue weighted by Crippen LogP contribution is 2.19. The molecule has 0 saturated carbocycles. The molecule has 2 atom stereocenters. The maximum absolute atomic E-state index is 13.1. The monoisotopic (exact) mass is 512 g/mol. The summed E-state index contributed by atoms with van der Waals surface area (Å²) in [6, 6.07) is -0.914. The third-order valence-corrected chi connectivity index (χ3v) is 4.45. The van der Waals surface area contributed by atoms with E-state index >= 15 is 0 Å². The third-order valence-electron chi connectivity index (χ3n) is 4.45. The van der Waals surface area contributed by atoms with Crippen molar-refractivity contribution in [2.24, 2.45) is 5.41 Å². The molecule has 0 aliphatic heterocycles. The molecule has 0 aliphatic carbocycles. The summed E-state index contributed by atoms with van der Waals surface area (Å²) in [4.78, 5) is 36.8. The molecule has 4 N–H and O–H groups in total. The molecule has 11 heteroatoms. The molecule has 206 valence electrons. The summed E-state index contributed by atoms with van der Waals surface area (Å²) in [6.07, 6.45) is 6.46. The van der Waals surface area contributed by atoms with Crippen LogP contribution in [0.1, 0.15) is 48.5 Å². The Kier molecular flexibility index (Phi) is 14.5. The molecular weight excluding hydrogens is 468 g/mol. The van der Waals surface area contributed by atoms with Crippen LogP contribution in [0.25, 0.3) is 0 Å². The third kappa shape index (κ3) is 15.0. The summed E-state index contributed by atoms with van der Waals surface area (Å²) in [5, 5.41) is 17.0. The molecular formula is C25H44N4O7. The van der Waals surface area contributed by atoms with Crippen LogP contribution in [0.2, 0.25) is 0 Å². The maximum Gasteiger partial charge on any atom is 0.407 e. The SMILES string of the molecule is C\C=C/C(=C\C=C\CN(CC(O)CNC(=O)OC(C)(C)C)NC(=O)C(NC(=O)OC)C(C)(C)C)OC. The van der Waals surface area contributed by atoms with Gasteiger partial charge < -0.3 is 30.0 Å². The Morgan fingerprint density at radius 2 is 1.67 bits per heavy atom. The normalized spacial score (nSPS) is 14.5. The molecule has 0 bridgehead atoms. The van der Waals surface area contributed by atoms with Gasteiger partial charge in [0.15, 0.2) is 0 Å². The number of amides is 3. The largest absolute Gasteiger partial charge is 0.497 e. The summed E-state index contributed by atoms with van der Waals surface area (Å²) in [6.45, 7) is 12.6. The summed E-state index contributed by atoms with van der Waals surface area (Å²) in [7, 11) is 2.77. The van der Waals surface area contributed by atoms with Gasteiger partial charge in [-0.3, -0.25) is 10.2 Å². The van der Waals surface area contributed by atoms with Crippen molar-refractivity contribution in [2.75, 3.05) is 33.9 Å². The molecule has 0 aromatic carbocycles. The highest BCUT2D eigenvalue weighted by atomic mass is 16.6. The van der Waals surface area contributed by atoms with E-state index < -0.39 is 41.3 Å². The van der Waals surface area contributed by atoms with Gasteiger partial charge in [-0.2, -0.15) is 0 Å². The van der Waals surface area contributed by atoms with Crippen LogP contribution < -0.4 is 16.1 Å². The molecule has 11 nitrogen and oxygen atoms in total. The first kappa shape index (κ1) is 33.0.